The van der Waals surface area contributed by atoms with Crippen molar-refractivity contribution in [2.45, 2.75) is 13.0 Å². The fourth-order valence-electron chi connectivity index (χ4n) is 3.33. The van der Waals surface area contributed by atoms with Crippen LogP contribution >= 0.6 is 0 Å². The van der Waals surface area contributed by atoms with E-state index in [1.807, 2.05) is 23.1 Å². The third kappa shape index (κ3) is 3.77. The van der Waals surface area contributed by atoms with Crippen molar-refractivity contribution in [3.8, 4) is 5.75 Å². The first kappa shape index (κ1) is 18.1. The molecule has 0 aromatic heterocycles. The van der Waals surface area contributed by atoms with Crippen molar-refractivity contribution in [3.05, 3.63) is 64.0 Å². The van der Waals surface area contributed by atoms with Crippen molar-refractivity contribution in [2.75, 3.05) is 38.2 Å². The van der Waals surface area contributed by atoms with Crippen LogP contribution < -0.4 is 9.64 Å². The Morgan fingerprint density at radius 3 is 2.50 bits per heavy atom. The average molecular weight is 359 g/mol. The molecule has 0 bridgehead atoms. The first-order valence-electron chi connectivity index (χ1n) is 8.56. The van der Waals surface area contributed by atoms with Gasteiger partial charge in [-0.2, -0.15) is 0 Å². The van der Waals surface area contributed by atoms with Gasteiger partial charge in [-0.25, -0.2) is 4.39 Å². The second-order valence-electron chi connectivity index (χ2n) is 6.37. The van der Waals surface area contributed by atoms with Crippen molar-refractivity contribution in [3.63, 3.8) is 0 Å². The number of anilines is 1. The van der Waals surface area contributed by atoms with Gasteiger partial charge in [0.2, 0.25) is 0 Å². The number of hydrogen-bond acceptors (Lipinski definition) is 5. The summed E-state index contributed by atoms with van der Waals surface area (Å²) in [6.45, 7) is 5.06. The summed E-state index contributed by atoms with van der Waals surface area (Å²) in [6, 6.07) is 12.1. The van der Waals surface area contributed by atoms with Crippen LogP contribution in [0.3, 0.4) is 0 Å². The maximum absolute atomic E-state index is 14.2. The van der Waals surface area contributed by atoms with Gasteiger partial charge in [0.05, 0.1) is 23.8 Å². The number of non-ortho nitro benzene ring substituents is 1. The minimum atomic E-state index is -0.583. The van der Waals surface area contributed by atoms with Crippen LogP contribution in [-0.4, -0.2) is 43.1 Å². The molecule has 2 aromatic carbocycles. The lowest BCUT2D eigenvalue weighted by Crippen LogP contribution is -2.47. The highest BCUT2D eigenvalue weighted by atomic mass is 19.1. The van der Waals surface area contributed by atoms with Gasteiger partial charge in [0.25, 0.3) is 5.69 Å². The third-order valence-electron chi connectivity index (χ3n) is 4.92. The predicted octanol–water partition coefficient (Wildman–Crippen LogP) is 3.63. The van der Waals surface area contributed by atoms with Crippen LogP contribution in [0.5, 0.6) is 5.75 Å². The Hall–Kier alpha value is -2.67. The minimum absolute atomic E-state index is 0.225. The summed E-state index contributed by atoms with van der Waals surface area (Å²) in [5, 5.41) is 10.7. The number of nitrogens with zero attached hydrogens (tertiary/aromatic N) is 3. The number of halogens is 1. The molecule has 138 valence electrons. The van der Waals surface area contributed by atoms with Crippen LogP contribution in [0.25, 0.3) is 0 Å². The molecule has 3 rings (SSSR count). The first-order chi connectivity index (χ1) is 12.5. The van der Waals surface area contributed by atoms with Gasteiger partial charge < -0.3 is 9.64 Å². The second kappa shape index (κ2) is 7.70. The number of nitro benzene ring substituents is 1. The molecular weight excluding hydrogens is 337 g/mol. The highest BCUT2D eigenvalue weighted by Gasteiger charge is 2.24. The predicted molar refractivity (Wildman–Crippen MR) is 98.2 cm³/mol. The third-order valence-corrected chi connectivity index (χ3v) is 4.92. The summed E-state index contributed by atoms with van der Waals surface area (Å²) < 4.78 is 19.5. The van der Waals surface area contributed by atoms with Gasteiger partial charge in [0.15, 0.2) is 5.82 Å². The molecule has 1 unspecified atom stereocenters. The Labute approximate surface area is 151 Å². The average Bonchev–Trinajstić information content (AvgIpc) is 2.67. The normalized spacial score (nSPS) is 16.3. The number of rotatable bonds is 5. The summed E-state index contributed by atoms with van der Waals surface area (Å²) >= 11 is 0. The zero-order chi connectivity index (χ0) is 18.7. The van der Waals surface area contributed by atoms with Gasteiger partial charge in [0.1, 0.15) is 5.75 Å². The van der Waals surface area contributed by atoms with Crippen molar-refractivity contribution < 1.29 is 14.1 Å². The van der Waals surface area contributed by atoms with Gasteiger partial charge in [-0.15, -0.1) is 0 Å². The van der Waals surface area contributed by atoms with Gasteiger partial charge >= 0.3 is 0 Å². The Bertz CT molecular complexity index is 791. The van der Waals surface area contributed by atoms with Crippen molar-refractivity contribution >= 4 is 11.4 Å². The molecule has 1 aliphatic heterocycles. The van der Waals surface area contributed by atoms with E-state index in [1.54, 1.807) is 7.11 Å². The maximum atomic E-state index is 14.2. The molecule has 0 amide bonds. The van der Waals surface area contributed by atoms with Gasteiger partial charge in [-0.3, -0.25) is 15.0 Å². The lowest BCUT2D eigenvalue weighted by molar-refractivity contribution is -0.385. The highest BCUT2D eigenvalue weighted by Crippen LogP contribution is 2.28. The van der Waals surface area contributed by atoms with Crippen LogP contribution in [0.1, 0.15) is 18.5 Å². The Morgan fingerprint density at radius 1 is 1.15 bits per heavy atom. The zero-order valence-corrected chi connectivity index (χ0v) is 14.9. The first-order valence-corrected chi connectivity index (χ1v) is 8.56. The summed E-state index contributed by atoms with van der Waals surface area (Å²) in [4.78, 5) is 14.4. The fraction of sp³-hybridized carbons (Fsp3) is 0.368. The number of hydrogen-bond donors (Lipinski definition) is 0. The quantitative estimate of drug-likeness (QED) is 0.603. The largest absolute Gasteiger partial charge is 0.497 e. The molecule has 0 radical (unpaired) electrons. The molecule has 2 aromatic rings. The van der Waals surface area contributed by atoms with E-state index in [0.717, 1.165) is 24.9 Å². The topological polar surface area (TPSA) is 58.8 Å². The Balaban J connectivity index is 1.66. The van der Waals surface area contributed by atoms with E-state index in [0.29, 0.717) is 18.8 Å². The van der Waals surface area contributed by atoms with E-state index < -0.39 is 10.7 Å². The van der Waals surface area contributed by atoms with Gasteiger partial charge in [-0.05, 0) is 30.7 Å². The Kier molecular flexibility index (Phi) is 5.37. The summed E-state index contributed by atoms with van der Waals surface area (Å²) in [5.74, 6) is 0.287. The fourth-order valence-corrected chi connectivity index (χ4v) is 3.33. The maximum Gasteiger partial charge on any atom is 0.272 e. The zero-order valence-electron chi connectivity index (χ0n) is 14.9. The monoisotopic (exact) mass is 359 g/mol. The molecule has 1 saturated heterocycles. The number of nitro groups is 1. The van der Waals surface area contributed by atoms with Gasteiger partial charge in [-0.1, -0.05) is 12.1 Å². The van der Waals surface area contributed by atoms with E-state index in [2.05, 4.69) is 17.9 Å². The molecule has 26 heavy (non-hydrogen) atoms. The molecule has 1 atom stereocenters. The van der Waals surface area contributed by atoms with Crippen molar-refractivity contribution in [1.82, 2.24) is 4.90 Å². The minimum Gasteiger partial charge on any atom is -0.497 e. The molecule has 1 fully saturated rings. The van der Waals surface area contributed by atoms with Crippen LogP contribution in [-0.2, 0) is 0 Å². The number of piperazine rings is 1. The van der Waals surface area contributed by atoms with E-state index in [-0.39, 0.29) is 11.7 Å². The van der Waals surface area contributed by atoms with Crippen molar-refractivity contribution in [1.29, 1.82) is 0 Å². The van der Waals surface area contributed by atoms with E-state index in [9.17, 15) is 14.5 Å². The van der Waals surface area contributed by atoms with E-state index in [1.165, 1.54) is 17.7 Å². The molecule has 0 N–H and O–H groups in total. The molecule has 0 spiro atoms. The van der Waals surface area contributed by atoms with Crippen molar-refractivity contribution in [2.24, 2.45) is 0 Å². The van der Waals surface area contributed by atoms with E-state index >= 15 is 0 Å². The van der Waals surface area contributed by atoms with E-state index in [4.69, 9.17) is 4.74 Å². The molecule has 0 aliphatic carbocycles. The lowest BCUT2D eigenvalue weighted by atomic mass is 10.1. The van der Waals surface area contributed by atoms with Gasteiger partial charge in [0, 0.05) is 38.3 Å². The molecule has 1 aliphatic rings. The number of ether oxygens (including phenoxy) is 1. The summed E-state index contributed by atoms with van der Waals surface area (Å²) in [6.07, 6.45) is 0. The summed E-state index contributed by atoms with van der Waals surface area (Å²) in [7, 11) is 1.65. The number of benzene rings is 2. The lowest BCUT2D eigenvalue weighted by Gasteiger charge is -2.39. The SMILES string of the molecule is COc1cccc(C(C)N2CCN(c3ccc([N+](=O)[O-])cc3F)CC2)c1. The molecule has 0 saturated carbocycles. The van der Waals surface area contributed by atoms with Crippen LogP contribution in [0.4, 0.5) is 15.8 Å². The smallest absolute Gasteiger partial charge is 0.272 e. The Morgan fingerprint density at radius 2 is 1.88 bits per heavy atom. The standard InChI is InChI=1S/C19H22FN3O3/c1-14(15-4-3-5-17(12-15)26-2)21-8-10-22(11-9-21)19-7-6-16(23(24)25)13-18(19)20/h3-7,12-14H,8-11H2,1-2H3. The number of methoxy groups -OCH3 is 1. The molecule has 1 heterocycles. The molecule has 7 heteroatoms. The second-order valence-corrected chi connectivity index (χ2v) is 6.37. The van der Waals surface area contributed by atoms with Crippen LogP contribution in [0.2, 0.25) is 0 Å². The molecular formula is C19H22FN3O3. The summed E-state index contributed by atoms with van der Waals surface area (Å²) in [5.41, 5.74) is 1.38. The van der Waals surface area contributed by atoms with Crippen LogP contribution in [0, 0.1) is 15.9 Å². The highest BCUT2D eigenvalue weighted by molar-refractivity contribution is 5.52. The van der Waals surface area contributed by atoms with Crippen LogP contribution in [0.15, 0.2) is 42.5 Å². The molecule has 6 nitrogen and oxygen atoms in total.